The van der Waals surface area contributed by atoms with Gasteiger partial charge < -0.3 is 0 Å². The van der Waals surface area contributed by atoms with E-state index < -0.39 is 144 Å². The van der Waals surface area contributed by atoms with E-state index in [0.29, 0.717) is 11.6 Å². The molecule has 6 rings (SSSR count). The van der Waals surface area contributed by atoms with Gasteiger partial charge in [0.25, 0.3) is 0 Å². The minimum Gasteiger partial charge on any atom is -0.287 e. The van der Waals surface area contributed by atoms with E-state index >= 15 is 35.1 Å². The molecule has 0 fully saturated rings. The molecule has 5 aromatic carbocycles. The number of Topliss-reactive ketones (excluding diaryl/α,β-unsaturated/α-hetero) is 1. The van der Waals surface area contributed by atoms with E-state index in [2.05, 4.69) is 0 Å². The maximum absolute atomic E-state index is 15.4. The predicted molar refractivity (Wildman–Crippen MR) is 172 cm³/mol. The van der Waals surface area contributed by atoms with Crippen LogP contribution in [0.5, 0.6) is 0 Å². The van der Waals surface area contributed by atoms with Crippen molar-refractivity contribution in [3.8, 4) is 0 Å². The van der Waals surface area contributed by atoms with E-state index in [-0.39, 0.29) is 5.78 Å². The Balaban J connectivity index is 0.000000366. The van der Waals surface area contributed by atoms with Gasteiger partial charge in [-0.05, 0) is 0 Å². The summed E-state index contributed by atoms with van der Waals surface area (Å²) in [6.07, 6.45) is -3.63. The highest BCUT2D eigenvalue weighted by Gasteiger charge is 2.52. The maximum atomic E-state index is 15.4. The van der Waals surface area contributed by atoms with Crippen molar-refractivity contribution in [3.63, 3.8) is 0 Å². The van der Waals surface area contributed by atoms with Crippen molar-refractivity contribution in [2.24, 2.45) is 0 Å². The summed E-state index contributed by atoms with van der Waals surface area (Å²) < 4.78 is 296. The SMILES string of the molecule is Fc1c(F)c(F)c([B-](c2c(F)c(F)c(F)c(F)c2F)(c2c(F)c(F)c(F)c(F)c2F)c2c(F)c(F)c(F)c(F)c2F)c(F)c1F.O=C(C[n+]1ccc(Cl)cc1)c1ccccc1. The van der Waals surface area contributed by atoms with Gasteiger partial charge in [-0.15, -0.1) is 21.9 Å². The van der Waals surface area contributed by atoms with E-state index in [1.54, 1.807) is 29.1 Å². The first-order valence-electron chi connectivity index (χ1n) is 15.9. The lowest BCUT2D eigenvalue weighted by molar-refractivity contribution is -0.683. The monoisotopic (exact) mass is 911 g/mol. The van der Waals surface area contributed by atoms with E-state index in [1.165, 1.54) is 0 Å². The number of hydrogen-bond acceptors (Lipinski definition) is 1. The lowest BCUT2D eigenvalue weighted by Crippen LogP contribution is -2.81. The van der Waals surface area contributed by atoms with Crippen molar-refractivity contribution < 1.29 is 97.2 Å². The van der Waals surface area contributed by atoms with Crippen LogP contribution in [0.15, 0.2) is 54.9 Å². The van der Waals surface area contributed by atoms with Crippen LogP contribution in [-0.2, 0) is 6.54 Å². The Hall–Kier alpha value is -6.13. The summed E-state index contributed by atoms with van der Waals surface area (Å²) in [7, 11) is 0. The summed E-state index contributed by atoms with van der Waals surface area (Å²) in [4.78, 5) is 11.8. The third kappa shape index (κ3) is 7.41. The molecule has 0 amide bonds. The molecular formula is C37H11BClF20NO. The Morgan fingerprint density at radius 3 is 0.852 bits per heavy atom. The molecule has 320 valence electrons. The van der Waals surface area contributed by atoms with Crippen LogP contribution in [0.2, 0.25) is 5.02 Å². The van der Waals surface area contributed by atoms with Gasteiger partial charge in [-0.2, -0.15) is 4.57 Å². The summed E-state index contributed by atoms with van der Waals surface area (Å²) in [6.45, 7) is 0.335. The molecule has 24 heteroatoms. The van der Waals surface area contributed by atoms with Gasteiger partial charge in [0.15, 0.2) is 82.2 Å². The Bertz CT molecular complexity index is 2370. The van der Waals surface area contributed by atoms with E-state index in [4.69, 9.17) is 11.6 Å². The maximum Gasteiger partial charge on any atom is 0.227 e. The average molecular weight is 912 g/mol. The molecule has 0 aliphatic heterocycles. The second-order valence-corrected chi connectivity index (χ2v) is 12.7. The zero-order valence-corrected chi connectivity index (χ0v) is 29.5. The van der Waals surface area contributed by atoms with E-state index in [9.17, 15) is 57.5 Å². The molecule has 2 nitrogen and oxygen atoms in total. The van der Waals surface area contributed by atoms with Gasteiger partial charge >= 0.3 is 0 Å². The Kier molecular flexibility index (Phi) is 12.9. The minimum atomic E-state index is -7.22. The van der Waals surface area contributed by atoms with Gasteiger partial charge in [-0.1, -0.05) is 41.9 Å². The molecule has 0 aliphatic rings. The van der Waals surface area contributed by atoms with Crippen molar-refractivity contribution in [1.29, 1.82) is 0 Å². The number of ketones is 1. The zero-order chi connectivity index (χ0) is 45.7. The standard InChI is InChI=1S/C24BF20.C13H11ClNO/c26-5-1(6(27)14(35)21(42)13(5)34)25(2-7(28)15(36)22(43)16(37)8(2)29,3-9(30)17(38)23(44)18(39)10(3)31)4-11(32)19(40)24(45)20(41)12(4)33;14-12-6-8-15(9-7-12)10-13(16)11-4-2-1-3-5-11/h;1-9H,10H2/q-1;+1. The predicted octanol–water partition coefficient (Wildman–Crippen LogP) is 8.36. The normalized spacial score (nSPS) is 11.5. The number of benzene rings is 5. The molecule has 0 bridgehead atoms. The molecule has 0 saturated heterocycles. The largest absolute Gasteiger partial charge is 0.287 e. The molecule has 0 spiro atoms. The molecule has 0 saturated carbocycles. The van der Waals surface area contributed by atoms with Gasteiger partial charge in [-0.3, -0.25) is 4.79 Å². The molecule has 0 unspecified atom stereocenters. The summed E-state index contributed by atoms with van der Waals surface area (Å²) in [5, 5.41) is 0.670. The first-order chi connectivity index (χ1) is 28.5. The van der Waals surface area contributed by atoms with Crippen LogP contribution in [0, 0.1) is 116 Å². The first-order valence-corrected chi connectivity index (χ1v) is 16.3. The van der Waals surface area contributed by atoms with Gasteiger partial charge in [-0.25, -0.2) is 87.8 Å². The molecule has 6 aromatic rings. The highest BCUT2D eigenvalue weighted by Crippen LogP contribution is 2.30. The number of halogens is 21. The Morgan fingerprint density at radius 1 is 0.377 bits per heavy atom. The van der Waals surface area contributed by atoms with Crippen LogP contribution < -0.4 is 26.4 Å². The van der Waals surface area contributed by atoms with Gasteiger partial charge in [0.1, 0.15) is 52.7 Å². The summed E-state index contributed by atoms with van der Waals surface area (Å²) in [6, 6.07) is 12.8. The molecule has 1 aromatic heterocycles. The smallest absolute Gasteiger partial charge is 0.227 e. The summed E-state index contributed by atoms with van der Waals surface area (Å²) >= 11 is 5.77. The molecule has 0 aliphatic carbocycles. The third-order valence-electron chi connectivity index (χ3n) is 8.98. The van der Waals surface area contributed by atoms with E-state index in [0.717, 1.165) is 5.56 Å². The van der Waals surface area contributed by atoms with Crippen LogP contribution in [0.1, 0.15) is 10.4 Å². The van der Waals surface area contributed by atoms with Crippen molar-refractivity contribution in [3.05, 3.63) is 182 Å². The highest BCUT2D eigenvalue weighted by molar-refractivity contribution is 7.20. The zero-order valence-electron chi connectivity index (χ0n) is 28.8. The van der Waals surface area contributed by atoms with Crippen molar-refractivity contribution >= 4 is 45.4 Å². The topological polar surface area (TPSA) is 20.9 Å². The van der Waals surface area contributed by atoms with Crippen LogP contribution in [-0.4, -0.2) is 11.9 Å². The Labute approximate surface area is 330 Å². The average Bonchev–Trinajstić information content (AvgIpc) is 3.24. The highest BCUT2D eigenvalue weighted by atomic mass is 35.5. The summed E-state index contributed by atoms with van der Waals surface area (Å²) in [5.74, 6) is -71.3. The van der Waals surface area contributed by atoms with Crippen LogP contribution in [0.3, 0.4) is 0 Å². The molecule has 61 heavy (non-hydrogen) atoms. The fraction of sp³-hybridized carbons (Fsp3) is 0.0270. The van der Waals surface area contributed by atoms with Crippen LogP contribution >= 0.6 is 11.6 Å². The fourth-order valence-electron chi connectivity index (χ4n) is 6.30. The van der Waals surface area contributed by atoms with Gasteiger partial charge in [0, 0.05) is 17.7 Å². The van der Waals surface area contributed by atoms with Crippen molar-refractivity contribution in [2.45, 2.75) is 6.54 Å². The summed E-state index contributed by atoms with van der Waals surface area (Å²) in [5.41, 5.74) is -13.6. The second-order valence-electron chi connectivity index (χ2n) is 12.3. The quantitative estimate of drug-likeness (QED) is 0.0395. The Morgan fingerprint density at radius 2 is 0.607 bits per heavy atom. The molecule has 0 radical (unpaired) electrons. The lowest BCUT2D eigenvalue weighted by Gasteiger charge is -2.44. The number of carbonyl (C=O) groups excluding carboxylic acids is 1. The first kappa shape index (κ1) is 46.0. The van der Waals surface area contributed by atoms with Crippen molar-refractivity contribution in [2.75, 3.05) is 0 Å². The lowest BCUT2D eigenvalue weighted by atomic mass is 9.12. The number of rotatable bonds is 7. The molecule has 0 atom stereocenters. The van der Waals surface area contributed by atoms with Gasteiger partial charge in [0.2, 0.25) is 12.3 Å². The van der Waals surface area contributed by atoms with Gasteiger partial charge in [0.05, 0.1) is 5.02 Å². The third-order valence-corrected chi connectivity index (χ3v) is 9.23. The number of pyridine rings is 1. The molecule has 0 N–H and O–H groups in total. The fourth-order valence-corrected chi connectivity index (χ4v) is 6.41. The van der Waals surface area contributed by atoms with Crippen LogP contribution in [0.4, 0.5) is 87.8 Å². The van der Waals surface area contributed by atoms with E-state index in [1.807, 2.05) is 30.3 Å². The number of hydrogen-bond donors (Lipinski definition) is 0. The van der Waals surface area contributed by atoms with Crippen molar-refractivity contribution in [1.82, 2.24) is 0 Å². The number of nitrogens with zero attached hydrogens (tertiary/aromatic N) is 1. The second kappa shape index (κ2) is 17.1. The minimum absolute atomic E-state index is 0.0907. The molecular weight excluding hydrogens is 901 g/mol. The number of carbonyl (C=O) groups is 1. The number of aromatic nitrogens is 1. The van der Waals surface area contributed by atoms with Crippen LogP contribution in [0.25, 0.3) is 0 Å². The molecule has 1 heterocycles.